The van der Waals surface area contributed by atoms with Crippen LogP contribution in [0.2, 0.25) is 5.02 Å². The second-order valence-corrected chi connectivity index (χ2v) is 5.00. The number of hydrogen-bond donors (Lipinski definition) is 0. The molecule has 2 aromatic carbocycles. The summed E-state index contributed by atoms with van der Waals surface area (Å²) in [7, 11) is 1.53. The van der Waals surface area contributed by atoms with Gasteiger partial charge in [0.25, 0.3) is 0 Å². The Morgan fingerprint density at radius 1 is 1.23 bits per heavy atom. The van der Waals surface area contributed by atoms with E-state index in [4.69, 9.17) is 26.3 Å². The summed E-state index contributed by atoms with van der Waals surface area (Å²) in [5, 5.41) is 9.52. The summed E-state index contributed by atoms with van der Waals surface area (Å²) < 4.78 is 10.4. The fourth-order valence-corrected chi connectivity index (χ4v) is 2.20. The highest BCUT2D eigenvalue weighted by Crippen LogP contribution is 2.23. The van der Waals surface area contributed by atoms with Crippen molar-refractivity contribution in [3.8, 4) is 11.8 Å². The number of rotatable bonds is 5. The van der Waals surface area contributed by atoms with E-state index in [0.29, 0.717) is 27.5 Å². The van der Waals surface area contributed by atoms with E-state index in [2.05, 4.69) is 6.07 Å². The molecule has 0 saturated heterocycles. The van der Waals surface area contributed by atoms with Crippen LogP contribution in [0.25, 0.3) is 0 Å². The van der Waals surface area contributed by atoms with E-state index in [1.165, 1.54) is 7.11 Å². The van der Waals surface area contributed by atoms with Gasteiger partial charge in [0.2, 0.25) is 0 Å². The molecule has 2 rings (SSSR count). The Balaban J connectivity index is 2.02. The van der Waals surface area contributed by atoms with E-state index in [0.717, 1.165) is 0 Å². The summed E-state index contributed by atoms with van der Waals surface area (Å²) in [5.41, 5.74) is 1.83. The summed E-state index contributed by atoms with van der Waals surface area (Å²) in [5.74, 6) is 0.173. The fourth-order valence-electron chi connectivity index (χ4n) is 2.01. The van der Waals surface area contributed by atoms with Crippen LogP contribution >= 0.6 is 11.6 Å². The van der Waals surface area contributed by atoms with Crippen LogP contribution in [-0.4, -0.2) is 13.1 Å². The number of carbonyl (C=O) groups excluding carboxylic acids is 1. The summed E-state index contributed by atoms with van der Waals surface area (Å²) in [4.78, 5) is 12.0. The van der Waals surface area contributed by atoms with Gasteiger partial charge in [0, 0.05) is 16.1 Å². The van der Waals surface area contributed by atoms with Gasteiger partial charge < -0.3 is 9.47 Å². The van der Waals surface area contributed by atoms with Crippen molar-refractivity contribution in [1.29, 1.82) is 5.26 Å². The van der Waals surface area contributed by atoms with Crippen molar-refractivity contribution in [2.24, 2.45) is 0 Å². The molecule has 0 radical (unpaired) electrons. The smallest absolute Gasteiger partial charge is 0.310 e. The van der Waals surface area contributed by atoms with Crippen LogP contribution in [0.5, 0.6) is 5.75 Å². The van der Waals surface area contributed by atoms with Gasteiger partial charge in [0.05, 0.1) is 25.2 Å². The summed E-state index contributed by atoms with van der Waals surface area (Å²) in [6, 6.07) is 14.1. The maximum atomic E-state index is 12.0. The van der Waals surface area contributed by atoms with Gasteiger partial charge in [-0.1, -0.05) is 29.8 Å². The number of halogens is 1. The average molecular weight is 316 g/mol. The van der Waals surface area contributed by atoms with E-state index < -0.39 is 5.97 Å². The Bertz CT molecular complexity index is 722. The largest absolute Gasteiger partial charge is 0.496 e. The van der Waals surface area contributed by atoms with Crippen LogP contribution in [0.4, 0.5) is 0 Å². The van der Waals surface area contributed by atoms with E-state index in [9.17, 15) is 4.79 Å². The third-order valence-corrected chi connectivity index (χ3v) is 3.34. The quantitative estimate of drug-likeness (QED) is 0.792. The van der Waals surface area contributed by atoms with E-state index >= 15 is 0 Å². The van der Waals surface area contributed by atoms with Gasteiger partial charge in [-0.25, -0.2) is 0 Å². The lowest BCUT2D eigenvalue weighted by Gasteiger charge is -2.09. The van der Waals surface area contributed by atoms with Crippen LogP contribution in [-0.2, 0) is 22.6 Å². The van der Waals surface area contributed by atoms with Gasteiger partial charge in [-0.2, -0.15) is 5.26 Å². The molecule has 0 aliphatic carbocycles. The first-order valence-electron chi connectivity index (χ1n) is 6.60. The van der Waals surface area contributed by atoms with Crippen molar-refractivity contribution < 1.29 is 14.3 Å². The lowest BCUT2D eigenvalue weighted by molar-refractivity contribution is -0.144. The lowest BCUT2D eigenvalue weighted by atomic mass is 10.1. The molecule has 0 aliphatic heterocycles. The number of hydrogen-bond acceptors (Lipinski definition) is 4. The number of benzene rings is 2. The maximum absolute atomic E-state index is 12.0. The van der Waals surface area contributed by atoms with E-state index in [-0.39, 0.29) is 13.0 Å². The molecule has 112 valence electrons. The van der Waals surface area contributed by atoms with Gasteiger partial charge in [-0.15, -0.1) is 0 Å². The normalized spacial score (nSPS) is 9.86. The first kappa shape index (κ1) is 15.9. The number of methoxy groups -OCH3 is 1. The molecule has 0 saturated carbocycles. The number of esters is 1. The molecule has 0 unspecified atom stereocenters. The Kier molecular flexibility index (Phi) is 5.40. The molecule has 0 aliphatic rings. The summed E-state index contributed by atoms with van der Waals surface area (Å²) in [6.45, 7) is 0.0610. The van der Waals surface area contributed by atoms with Crippen molar-refractivity contribution in [1.82, 2.24) is 0 Å². The minimum absolute atomic E-state index is 0.0540. The van der Waals surface area contributed by atoms with Crippen molar-refractivity contribution in [3.05, 3.63) is 64.2 Å². The Morgan fingerprint density at radius 2 is 2.00 bits per heavy atom. The number of nitriles is 1. The molecule has 4 nitrogen and oxygen atoms in total. The maximum Gasteiger partial charge on any atom is 0.310 e. The average Bonchev–Trinajstić information content (AvgIpc) is 2.53. The molecule has 0 spiro atoms. The highest BCUT2D eigenvalue weighted by Gasteiger charge is 2.11. The topological polar surface area (TPSA) is 59.3 Å². The van der Waals surface area contributed by atoms with Crippen LogP contribution < -0.4 is 4.74 Å². The number of carbonyl (C=O) groups is 1. The lowest BCUT2D eigenvalue weighted by Crippen LogP contribution is -2.09. The van der Waals surface area contributed by atoms with Crippen molar-refractivity contribution in [3.63, 3.8) is 0 Å². The van der Waals surface area contributed by atoms with Gasteiger partial charge in [0.1, 0.15) is 12.4 Å². The minimum atomic E-state index is -0.409. The monoisotopic (exact) mass is 315 g/mol. The highest BCUT2D eigenvalue weighted by atomic mass is 35.5. The first-order chi connectivity index (χ1) is 10.6. The molecule has 0 N–H and O–H groups in total. The molecule has 5 heteroatoms. The Labute approximate surface area is 133 Å². The zero-order chi connectivity index (χ0) is 15.9. The molecule has 0 heterocycles. The van der Waals surface area contributed by atoms with Crippen molar-refractivity contribution >= 4 is 17.6 Å². The molecule has 0 bridgehead atoms. The van der Waals surface area contributed by atoms with Crippen LogP contribution in [0, 0.1) is 11.3 Å². The zero-order valence-corrected chi connectivity index (χ0v) is 12.8. The van der Waals surface area contributed by atoms with Gasteiger partial charge in [0.15, 0.2) is 0 Å². The summed E-state index contributed by atoms with van der Waals surface area (Å²) >= 11 is 5.93. The molecule has 0 atom stereocenters. The van der Waals surface area contributed by atoms with Crippen molar-refractivity contribution in [2.45, 2.75) is 13.0 Å². The second kappa shape index (κ2) is 7.48. The van der Waals surface area contributed by atoms with Crippen LogP contribution in [0.15, 0.2) is 42.5 Å². The molecule has 0 fully saturated rings. The van der Waals surface area contributed by atoms with Gasteiger partial charge in [-0.05, 0) is 24.3 Å². The fraction of sp³-hybridized carbons (Fsp3) is 0.176. The Morgan fingerprint density at radius 3 is 2.73 bits per heavy atom. The van der Waals surface area contributed by atoms with Crippen molar-refractivity contribution in [2.75, 3.05) is 7.11 Å². The van der Waals surface area contributed by atoms with Crippen LogP contribution in [0.1, 0.15) is 16.7 Å². The molecule has 22 heavy (non-hydrogen) atoms. The van der Waals surface area contributed by atoms with Gasteiger partial charge >= 0.3 is 5.97 Å². The van der Waals surface area contributed by atoms with E-state index in [1.807, 2.05) is 0 Å². The number of nitrogens with zero attached hydrogens (tertiary/aromatic N) is 1. The second-order valence-electron chi connectivity index (χ2n) is 4.56. The first-order valence-corrected chi connectivity index (χ1v) is 6.98. The van der Waals surface area contributed by atoms with Crippen LogP contribution in [0.3, 0.4) is 0 Å². The standard InChI is InChI=1S/C17H14ClNO3/c1-21-16-7-6-15(18)8-14(16)9-17(20)22-11-13-5-3-2-4-12(13)10-19/h2-8H,9,11H2,1H3. The predicted molar refractivity (Wildman–Crippen MR) is 82.7 cm³/mol. The predicted octanol–water partition coefficient (Wildman–Crippen LogP) is 3.51. The minimum Gasteiger partial charge on any atom is -0.496 e. The number of ether oxygens (including phenoxy) is 2. The molecular formula is C17H14ClNO3. The SMILES string of the molecule is COc1ccc(Cl)cc1CC(=O)OCc1ccccc1C#N. The zero-order valence-electron chi connectivity index (χ0n) is 12.0. The third-order valence-electron chi connectivity index (χ3n) is 3.10. The Hall–Kier alpha value is -2.51. The highest BCUT2D eigenvalue weighted by molar-refractivity contribution is 6.30. The summed E-state index contributed by atoms with van der Waals surface area (Å²) in [6.07, 6.45) is 0.0540. The third kappa shape index (κ3) is 4.00. The van der Waals surface area contributed by atoms with E-state index in [1.54, 1.807) is 42.5 Å². The molecular weight excluding hydrogens is 302 g/mol. The van der Waals surface area contributed by atoms with Gasteiger partial charge in [-0.3, -0.25) is 4.79 Å². The molecule has 2 aromatic rings. The molecule has 0 aromatic heterocycles. The molecule has 0 amide bonds.